The lowest BCUT2D eigenvalue weighted by Gasteiger charge is -2.47. The normalized spacial score (nSPS) is 22.5. The second kappa shape index (κ2) is 9.01. The number of halogens is 2. The molecule has 2 heterocycles. The molecule has 5 rings (SSSR count). The fourth-order valence-corrected chi connectivity index (χ4v) is 5.34. The molecule has 1 aliphatic carbocycles. The summed E-state index contributed by atoms with van der Waals surface area (Å²) in [6.45, 7) is 0.371. The lowest BCUT2D eigenvalue weighted by atomic mass is 9.84. The van der Waals surface area contributed by atoms with Gasteiger partial charge >= 0.3 is 0 Å². The van der Waals surface area contributed by atoms with E-state index in [1.165, 1.54) is 17.0 Å². The number of benzene rings is 2. The molecule has 1 atom stereocenters. The van der Waals surface area contributed by atoms with E-state index in [-0.39, 0.29) is 49.0 Å². The van der Waals surface area contributed by atoms with E-state index in [1.54, 1.807) is 28.0 Å². The second-order valence-corrected chi connectivity index (χ2v) is 9.91. The van der Waals surface area contributed by atoms with E-state index in [1.807, 2.05) is 12.1 Å². The fourth-order valence-electron chi connectivity index (χ4n) is 5.21. The van der Waals surface area contributed by atoms with Crippen LogP contribution in [-0.4, -0.2) is 52.7 Å². The third-order valence-corrected chi connectivity index (χ3v) is 7.68. The molecular formula is C27H25ClFN3O3. The van der Waals surface area contributed by atoms with Crippen LogP contribution in [0, 0.1) is 24.1 Å². The molecule has 2 aromatic rings. The minimum absolute atomic E-state index is 0.0108. The molecule has 3 fully saturated rings. The third-order valence-electron chi connectivity index (χ3n) is 7.43. The van der Waals surface area contributed by atoms with Gasteiger partial charge in [0.1, 0.15) is 17.9 Å². The number of anilines is 1. The Morgan fingerprint density at radius 3 is 2.54 bits per heavy atom. The minimum Gasteiger partial charge on any atom is -0.339 e. The van der Waals surface area contributed by atoms with Crippen molar-refractivity contribution in [3.63, 3.8) is 0 Å². The van der Waals surface area contributed by atoms with Crippen molar-refractivity contribution in [2.24, 2.45) is 5.92 Å². The van der Waals surface area contributed by atoms with Crippen molar-refractivity contribution >= 4 is 35.0 Å². The Balaban J connectivity index is 1.51. The van der Waals surface area contributed by atoms with Crippen LogP contribution in [0.1, 0.15) is 36.8 Å². The lowest BCUT2D eigenvalue weighted by Crippen LogP contribution is -2.69. The van der Waals surface area contributed by atoms with E-state index in [0.29, 0.717) is 23.6 Å². The van der Waals surface area contributed by atoms with Crippen molar-refractivity contribution in [3.8, 4) is 12.3 Å². The molecule has 2 aromatic carbocycles. The fraction of sp³-hybridized carbons (Fsp3) is 0.370. The van der Waals surface area contributed by atoms with Gasteiger partial charge in [-0.1, -0.05) is 36.1 Å². The van der Waals surface area contributed by atoms with Crippen molar-refractivity contribution in [3.05, 3.63) is 64.4 Å². The molecular weight excluding hydrogens is 469 g/mol. The lowest BCUT2D eigenvalue weighted by molar-refractivity contribution is -0.152. The Morgan fingerprint density at radius 2 is 1.91 bits per heavy atom. The number of carbonyl (C=O) groups excluding carboxylic acids is 3. The van der Waals surface area contributed by atoms with Crippen LogP contribution in [0.25, 0.3) is 0 Å². The van der Waals surface area contributed by atoms with Crippen molar-refractivity contribution in [1.29, 1.82) is 0 Å². The number of hydrogen-bond donors (Lipinski definition) is 0. The summed E-state index contributed by atoms with van der Waals surface area (Å²) < 4.78 is 15.0. The number of nitrogens with zero attached hydrogens (tertiary/aromatic N) is 3. The Labute approximate surface area is 208 Å². The summed E-state index contributed by atoms with van der Waals surface area (Å²) in [5.41, 5.74) is -0.0985. The second-order valence-electron chi connectivity index (χ2n) is 9.48. The predicted molar refractivity (Wildman–Crippen MR) is 130 cm³/mol. The highest BCUT2D eigenvalue weighted by Gasteiger charge is 2.57. The van der Waals surface area contributed by atoms with Gasteiger partial charge in [0.2, 0.25) is 11.8 Å². The van der Waals surface area contributed by atoms with E-state index in [2.05, 4.69) is 5.92 Å². The molecule has 3 aliphatic rings. The highest BCUT2D eigenvalue weighted by molar-refractivity contribution is 6.30. The maximum atomic E-state index is 15.0. The molecule has 2 saturated heterocycles. The predicted octanol–water partition coefficient (Wildman–Crippen LogP) is 3.61. The number of amides is 3. The standard InChI is InChI=1S/C27H25ClFN3O3/c1-2-18-8-11-23(22(29)14-18)31-16-24(33)32(15-19-6-9-21(28)10-7-19)27(26(31)35)12-13-30(17-27)25(34)20-4-3-5-20/h1,6-11,14,20H,3-5,12-13,15-17H2. The molecule has 35 heavy (non-hydrogen) atoms. The highest BCUT2D eigenvalue weighted by Crippen LogP contribution is 2.39. The first-order chi connectivity index (χ1) is 16.8. The molecule has 8 heteroatoms. The molecule has 1 unspecified atom stereocenters. The Hall–Kier alpha value is -3.37. The van der Waals surface area contributed by atoms with E-state index >= 15 is 0 Å². The van der Waals surface area contributed by atoms with Crippen molar-refractivity contribution in [2.45, 2.75) is 37.8 Å². The molecule has 1 spiro atoms. The van der Waals surface area contributed by atoms with Gasteiger partial charge in [-0.15, -0.1) is 6.42 Å². The van der Waals surface area contributed by atoms with E-state index in [4.69, 9.17) is 18.0 Å². The van der Waals surface area contributed by atoms with Crippen molar-refractivity contribution < 1.29 is 18.8 Å². The zero-order chi connectivity index (χ0) is 24.7. The Bertz CT molecular complexity index is 1240. The molecule has 2 aliphatic heterocycles. The van der Waals surface area contributed by atoms with Gasteiger partial charge in [-0.2, -0.15) is 0 Å². The first-order valence-electron chi connectivity index (χ1n) is 11.7. The number of hydrogen-bond acceptors (Lipinski definition) is 3. The van der Waals surface area contributed by atoms with Crippen LogP contribution >= 0.6 is 11.6 Å². The van der Waals surface area contributed by atoms with Gasteiger partial charge in [0.15, 0.2) is 0 Å². The summed E-state index contributed by atoms with van der Waals surface area (Å²) in [5.74, 6) is 1.02. The number of rotatable bonds is 4. The highest BCUT2D eigenvalue weighted by atomic mass is 35.5. The van der Waals surface area contributed by atoms with Crippen LogP contribution in [0.2, 0.25) is 5.02 Å². The molecule has 0 N–H and O–H groups in total. The smallest absolute Gasteiger partial charge is 0.255 e. The number of carbonyl (C=O) groups is 3. The molecule has 1 saturated carbocycles. The summed E-state index contributed by atoms with van der Waals surface area (Å²) in [7, 11) is 0. The average Bonchev–Trinajstić information content (AvgIpc) is 3.26. The average molecular weight is 494 g/mol. The first-order valence-corrected chi connectivity index (χ1v) is 12.1. The van der Waals surface area contributed by atoms with Crippen LogP contribution in [0.5, 0.6) is 0 Å². The van der Waals surface area contributed by atoms with E-state index in [9.17, 15) is 18.8 Å². The summed E-state index contributed by atoms with van der Waals surface area (Å²) in [4.78, 5) is 45.1. The molecule has 3 amide bonds. The van der Waals surface area contributed by atoms with Gasteiger partial charge in [0, 0.05) is 29.6 Å². The minimum atomic E-state index is -1.27. The van der Waals surface area contributed by atoms with Gasteiger partial charge in [0.25, 0.3) is 5.91 Å². The maximum absolute atomic E-state index is 15.0. The number of piperazine rings is 1. The summed E-state index contributed by atoms with van der Waals surface area (Å²) in [6.07, 6.45) is 8.39. The van der Waals surface area contributed by atoms with Gasteiger partial charge < -0.3 is 9.80 Å². The molecule has 180 valence electrons. The van der Waals surface area contributed by atoms with Gasteiger partial charge in [-0.05, 0) is 55.2 Å². The SMILES string of the molecule is C#Cc1ccc(N2CC(=O)N(Cc3ccc(Cl)cc3)C3(CCN(C(=O)C4CCC4)C3)C2=O)c(F)c1. The van der Waals surface area contributed by atoms with E-state index in [0.717, 1.165) is 24.8 Å². The molecule has 0 radical (unpaired) electrons. The quantitative estimate of drug-likeness (QED) is 0.611. The summed E-state index contributed by atoms with van der Waals surface area (Å²) in [5, 5.41) is 0.569. The Kier molecular flexibility index (Phi) is 6.02. The van der Waals surface area contributed by atoms with Crippen LogP contribution < -0.4 is 4.90 Å². The van der Waals surface area contributed by atoms with Crippen molar-refractivity contribution in [2.75, 3.05) is 24.5 Å². The van der Waals surface area contributed by atoms with Gasteiger partial charge in [0.05, 0.1) is 12.2 Å². The maximum Gasteiger partial charge on any atom is 0.255 e. The monoisotopic (exact) mass is 493 g/mol. The summed E-state index contributed by atoms with van der Waals surface area (Å²) >= 11 is 6.02. The van der Waals surface area contributed by atoms with Crippen LogP contribution in [0.15, 0.2) is 42.5 Å². The third kappa shape index (κ3) is 4.06. The Morgan fingerprint density at radius 1 is 1.17 bits per heavy atom. The van der Waals surface area contributed by atoms with Crippen molar-refractivity contribution in [1.82, 2.24) is 9.80 Å². The van der Waals surface area contributed by atoms with Gasteiger partial charge in [-0.25, -0.2) is 4.39 Å². The molecule has 0 bridgehead atoms. The number of terminal acetylenes is 1. The first kappa shape index (κ1) is 23.4. The topological polar surface area (TPSA) is 60.9 Å². The summed E-state index contributed by atoms with van der Waals surface area (Å²) in [6, 6.07) is 11.2. The largest absolute Gasteiger partial charge is 0.339 e. The van der Waals surface area contributed by atoms with Crippen LogP contribution in [-0.2, 0) is 20.9 Å². The van der Waals surface area contributed by atoms with E-state index < -0.39 is 11.4 Å². The molecule has 6 nitrogen and oxygen atoms in total. The van der Waals surface area contributed by atoms with Gasteiger partial charge in [-0.3, -0.25) is 19.3 Å². The zero-order valence-corrected chi connectivity index (χ0v) is 19.9. The van der Waals surface area contributed by atoms with Crippen LogP contribution in [0.4, 0.5) is 10.1 Å². The molecule has 0 aromatic heterocycles. The number of likely N-dealkylation sites (tertiary alicyclic amines) is 1. The zero-order valence-electron chi connectivity index (χ0n) is 19.2. The van der Waals surface area contributed by atoms with Crippen LogP contribution in [0.3, 0.4) is 0 Å².